The number of nitrogens with zero attached hydrogens (tertiary/aromatic N) is 2. The molecule has 4 rings (SSSR count). The summed E-state index contributed by atoms with van der Waals surface area (Å²) >= 11 is 11.1. The number of ether oxygens (including phenoxy) is 1. The van der Waals surface area contributed by atoms with Gasteiger partial charge in [0.05, 0.1) is 12.6 Å². The van der Waals surface area contributed by atoms with E-state index in [-0.39, 0.29) is 17.9 Å². The first-order valence-corrected chi connectivity index (χ1v) is 12.2. The first-order valence-electron chi connectivity index (χ1n) is 10.3. The van der Waals surface area contributed by atoms with Crippen molar-refractivity contribution in [2.24, 2.45) is 10.9 Å². The van der Waals surface area contributed by atoms with Crippen molar-refractivity contribution >= 4 is 50.4 Å². The van der Waals surface area contributed by atoms with Crippen LogP contribution in [0, 0.1) is 5.92 Å². The monoisotopic (exact) mass is 518 g/mol. The number of halogens is 2. The van der Waals surface area contributed by atoms with E-state index in [9.17, 15) is 4.79 Å². The highest BCUT2D eigenvalue weighted by Crippen LogP contribution is 2.56. The van der Waals surface area contributed by atoms with Crippen molar-refractivity contribution in [3.8, 4) is 0 Å². The van der Waals surface area contributed by atoms with Crippen molar-refractivity contribution < 1.29 is 9.53 Å². The Balaban J connectivity index is 1.89. The van der Waals surface area contributed by atoms with E-state index in [4.69, 9.17) is 21.3 Å². The Kier molecular flexibility index (Phi) is 6.25. The Morgan fingerprint density at radius 2 is 1.87 bits per heavy atom. The Morgan fingerprint density at radius 3 is 2.45 bits per heavy atom. The second kappa shape index (κ2) is 8.64. The second-order valence-corrected chi connectivity index (χ2v) is 10.4. The van der Waals surface area contributed by atoms with E-state index in [1.807, 2.05) is 43.3 Å². The van der Waals surface area contributed by atoms with Crippen LogP contribution in [0.15, 0.2) is 68.6 Å². The Morgan fingerprint density at radius 1 is 1.23 bits per heavy atom. The number of benzene rings is 2. The lowest BCUT2D eigenvalue weighted by atomic mass is 9.81. The largest absolute Gasteiger partial charge is 0.462 e. The minimum atomic E-state index is -0.541. The molecule has 0 saturated heterocycles. The summed E-state index contributed by atoms with van der Waals surface area (Å²) in [7, 11) is 0. The molecule has 2 aliphatic heterocycles. The van der Waals surface area contributed by atoms with E-state index in [1.165, 1.54) is 11.8 Å². The lowest BCUT2D eigenvalue weighted by molar-refractivity contribution is -0.137. The van der Waals surface area contributed by atoms with Crippen LogP contribution < -0.4 is 0 Å². The lowest BCUT2D eigenvalue weighted by Gasteiger charge is -2.37. The van der Waals surface area contributed by atoms with E-state index in [0.717, 1.165) is 26.5 Å². The summed E-state index contributed by atoms with van der Waals surface area (Å²) in [5.41, 5.74) is 2.63. The molecule has 0 bridgehead atoms. The molecule has 0 unspecified atom stereocenters. The van der Waals surface area contributed by atoms with Gasteiger partial charge in [-0.05, 0) is 66.9 Å². The summed E-state index contributed by atoms with van der Waals surface area (Å²) in [5.74, 6) is -0.152. The summed E-state index contributed by atoms with van der Waals surface area (Å²) in [4.78, 5) is 20.8. The van der Waals surface area contributed by atoms with Gasteiger partial charge in [-0.2, -0.15) is 0 Å². The SMILES string of the molecule is CCOC(=O)C1=C(C(C)C)N2C(=N[C@@](C)(c3ccc(Cl)cc3)[C@H]2c2ccc(Br)cc2)S1. The highest BCUT2D eigenvalue weighted by Gasteiger charge is 2.53. The number of hydrogen-bond donors (Lipinski definition) is 0. The van der Waals surface area contributed by atoms with Crippen LogP contribution in [0.3, 0.4) is 0 Å². The van der Waals surface area contributed by atoms with Crippen LogP contribution in [0.2, 0.25) is 5.02 Å². The molecule has 2 heterocycles. The molecule has 2 aliphatic rings. The van der Waals surface area contributed by atoms with E-state index < -0.39 is 5.54 Å². The number of fused-ring (bicyclic) bond motifs is 1. The number of allylic oxidation sites excluding steroid dienone is 1. The molecule has 0 saturated carbocycles. The summed E-state index contributed by atoms with van der Waals surface area (Å²) < 4.78 is 6.38. The fourth-order valence-corrected chi connectivity index (χ4v) is 5.95. The van der Waals surface area contributed by atoms with Crippen LogP contribution in [0.1, 0.15) is 44.9 Å². The van der Waals surface area contributed by atoms with Crippen LogP contribution in [0.25, 0.3) is 0 Å². The number of amidine groups is 1. The number of esters is 1. The molecule has 0 fully saturated rings. The van der Waals surface area contributed by atoms with E-state index in [0.29, 0.717) is 16.5 Å². The third-order valence-electron chi connectivity index (χ3n) is 5.63. The summed E-state index contributed by atoms with van der Waals surface area (Å²) in [6.07, 6.45) is 0. The standard InChI is InChI=1S/C24H24BrClN2O2S/c1-5-30-22(29)20-19(14(2)3)28-21(15-6-10-17(25)11-7-15)24(4,27-23(28)31-20)16-8-12-18(26)13-9-16/h6-14,21H,5H2,1-4H3/t21-,24+/m1/s1. The number of rotatable bonds is 5. The Bertz CT molecular complexity index is 1070. The summed E-state index contributed by atoms with van der Waals surface area (Å²) in [5, 5.41) is 1.53. The third-order valence-corrected chi connectivity index (χ3v) is 7.46. The summed E-state index contributed by atoms with van der Waals surface area (Å²) in [6, 6.07) is 16.1. The molecular weight excluding hydrogens is 496 g/mol. The van der Waals surface area contributed by atoms with Gasteiger partial charge in [-0.3, -0.25) is 0 Å². The molecule has 31 heavy (non-hydrogen) atoms. The Labute approximate surface area is 200 Å². The molecule has 0 spiro atoms. The average molecular weight is 520 g/mol. The van der Waals surface area contributed by atoms with Gasteiger partial charge in [0.15, 0.2) is 5.17 Å². The van der Waals surface area contributed by atoms with Crippen LogP contribution >= 0.6 is 39.3 Å². The van der Waals surface area contributed by atoms with Crippen LogP contribution in [-0.4, -0.2) is 22.6 Å². The smallest absolute Gasteiger partial charge is 0.346 e. The molecule has 0 aromatic heterocycles. The van der Waals surface area contributed by atoms with Crippen molar-refractivity contribution in [2.75, 3.05) is 6.61 Å². The third kappa shape index (κ3) is 3.94. The van der Waals surface area contributed by atoms with Gasteiger partial charge in [-0.15, -0.1) is 0 Å². The van der Waals surface area contributed by atoms with E-state index in [2.05, 4.69) is 53.7 Å². The second-order valence-electron chi connectivity index (χ2n) is 8.06. The minimum absolute atomic E-state index is 0.103. The van der Waals surface area contributed by atoms with Crippen molar-refractivity contribution in [2.45, 2.75) is 39.3 Å². The van der Waals surface area contributed by atoms with Crippen molar-refractivity contribution in [3.63, 3.8) is 0 Å². The van der Waals surface area contributed by atoms with Crippen molar-refractivity contribution in [1.29, 1.82) is 0 Å². The maximum Gasteiger partial charge on any atom is 0.346 e. The zero-order valence-electron chi connectivity index (χ0n) is 17.9. The van der Waals surface area contributed by atoms with E-state index >= 15 is 0 Å². The molecule has 2 aromatic rings. The molecule has 0 aliphatic carbocycles. The minimum Gasteiger partial charge on any atom is -0.462 e. The van der Waals surface area contributed by atoms with Crippen LogP contribution in [0.4, 0.5) is 0 Å². The average Bonchev–Trinajstić information content (AvgIpc) is 3.22. The maximum atomic E-state index is 12.7. The van der Waals surface area contributed by atoms with Crippen molar-refractivity contribution in [3.05, 3.63) is 79.8 Å². The van der Waals surface area contributed by atoms with Gasteiger partial charge in [0, 0.05) is 15.2 Å². The number of carbonyl (C=O) groups is 1. The predicted octanol–water partition coefficient (Wildman–Crippen LogP) is 6.91. The molecule has 0 N–H and O–H groups in total. The topological polar surface area (TPSA) is 41.9 Å². The van der Waals surface area contributed by atoms with Crippen molar-refractivity contribution in [1.82, 2.24) is 4.90 Å². The zero-order chi connectivity index (χ0) is 22.3. The van der Waals surface area contributed by atoms with Gasteiger partial charge in [-0.1, -0.05) is 65.6 Å². The van der Waals surface area contributed by atoms with Gasteiger partial charge in [0.25, 0.3) is 0 Å². The molecule has 2 aromatic carbocycles. The Hall–Kier alpha value is -1.76. The number of thioether (sulfide) groups is 1. The maximum absolute atomic E-state index is 12.7. The fourth-order valence-electron chi connectivity index (χ4n) is 4.25. The highest BCUT2D eigenvalue weighted by molar-refractivity contribution is 9.10. The first-order chi connectivity index (χ1) is 14.8. The summed E-state index contributed by atoms with van der Waals surface area (Å²) in [6.45, 7) is 8.54. The highest BCUT2D eigenvalue weighted by atomic mass is 79.9. The van der Waals surface area contributed by atoms with Crippen LogP contribution in [0.5, 0.6) is 0 Å². The number of carbonyl (C=O) groups excluding carboxylic acids is 1. The fraction of sp³-hybridized carbons (Fsp3) is 0.333. The molecule has 4 nitrogen and oxygen atoms in total. The number of hydrogen-bond acceptors (Lipinski definition) is 5. The molecule has 0 radical (unpaired) electrons. The normalized spacial score (nSPS) is 22.7. The van der Waals surface area contributed by atoms with Gasteiger partial charge in [0.2, 0.25) is 0 Å². The lowest BCUT2D eigenvalue weighted by Crippen LogP contribution is -2.36. The molecule has 2 atom stereocenters. The molecule has 0 amide bonds. The zero-order valence-corrected chi connectivity index (χ0v) is 21.0. The molecule has 7 heteroatoms. The quantitative estimate of drug-likeness (QED) is 0.403. The molecule has 162 valence electrons. The van der Waals surface area contributed by atoms with Gasteiger partial charge < -0.3 is 9.64 Å². The van der Waals surface area contributed by atoms with Gasteiger partial charge in [-0.25, -0.2) is 9.79 Å². The predicted molar refractivity (Wildman–Crippen MR) is 131 cm³/mol. The number of aliphatic imine (C=N–C) groups is 1. The molecular formula is C24H24BrClN2O2S. The van der Waals surface area contributed by atoms with Gasteiger partial charge in [0.1, 0.15) is 10.4 Å². The van der Waals surface area contributed by atoms with E-state index in [1.54, 1.807) is 0 Å². The first kappa shape index (κ1) is 22.4. The van der Waals surface area contributed by atoms with Crippen LogP contribution in [-0.2, 0) is 15.1 Å². The van der Waals surface area contributed by atoms with Gasteiger partial charge >= 0.3 is 5.97 Å².